The molecule has 0 saturated carbocycles. The van der Waals surface area contributed by atoms with Crippen LogP contribution in [0.4, 0.5) is 19.6 Å². The molecule has 1 amide bonds. The van der Waals surface area contributed by atoms with E-state index in [2.05, 4.69) is 15.6 Å². The van der Waals surface area contributed by atoms with E-state index in [9.17, 15) is 13.6 Å². The summed E-state index contributed by atoms with van der Waals surface area (Å²) in [6.45, 7) is 4.19. The highest BCUT2D eigenvalue weighted by Gasteiger charge is 2.15. The fourth-order valence-corrected chi connectivity index (χ4v) is 2.36. The lowest BCUT2D eigenvalue weighted by molar-refractivity contribution is 0.102. The summed E-state index contributed by atoms with van der Waals surface area (Å²) in [5.74, 6) is -2.17. The number of carbonyl (C=O) groups excluding carboxylic acids is 1. The number of aromatic nitrogens is 1. The summed E-state index contributed by atoms with van der Waals surface area (Å²) in [6.07, 6.45) is 2.35. The third kappa shape index (κ3) is 3.75. The molecule has 0 aliphatic heterocycles. The lowest BCUT2D eigenvalue weighted by Gasteiger charge is -2.09. The molecular weight excluding hydrogens is 296 g/mol. The number of nitrogens with one attached hydrogen (secondary N) is 2. The van der Waals surface area contributed by atoms with Crippen molar-refractivity contribution >= 4 is 28.1 Å². The number of hydrogen-bond acceptors (Lipinski definition) is 4. The lowest BCUT2D eigenvalue weighted by atomic mass is 10.1. The second kappa shape index (κ2) is 6.62. The second-order valence-electron chi connectivity index (χ2n) is 4.47. The van der Waals surface area contributed by atoms with E-state index in [-0.39, 0.29) is 11.3 Å². The van der Waals surface area contributed by atoms with Crippen LogP contribution in [0.2, 0.25) is 0 Å². The van der Waals surface area contributed by atoms with Gasteiger partial charge in [0.25, 0.3) is 5.91 Å². The van der Waals surface area contributed by atoms with E-state index >= 15 is 0 Å². The second-order valence-corrected chi connectivity index (χ2v) is 5.71. The van der Waals surface area contributed by atoms with E-state index in [0.29, 0.717) is 11.7 Å². The molecule has 0 aliphatic rings. The normalized spacial score (nSPS) is 10.5. The third-order valence-corrected chi connectivity index (χ3v) is 3.53. The Bertz CT molecular complexity index is 634. The Morgan fingerprint density at radius 1 is 1.33 bits per heavy atom. The van der Waals surface area contributed by atoms with Crippen molar-refractivity contribution < 1.29 is 13.6 Å². The number of thiazole rings is 1. The molecule has 4 nitrogen and oxygen atoms in total. The van der Waals surface area contributed by atoms with E-state index < -0.39 is 17.5 Å². The van der Waals surface area contributed by atoms with Gasteiger partial charge in [-0.05, 0) is 25.5 Å². The molecule has 1 heterocycles. The number of carbonyl (C=O) groups is 1. The van der Waals surface area contributed by atoms with Crippen molar-refractivity contribution in [2.45, 2.75) is 20.3 Å². The zero-order valence-electron chi connectivity index (χ0n) is 11.7. The van der Waals surface area contributed by atoms with E-state index in [1.54, 1.807) is 6.20 Å². The molecule has 1 aromatic heterocycles. The van der Waals surface area contributed by atoms with E-state index in [4.69, 9.17) is 0 Å². The van der Waals surface area contributed by atoms with Gasteiger partial charge >= 0.3 is 0 Å². The van der Waals surface area contributed by atoms with Crippen molar-refractivity contribution in [3.63, 3.8) is 0 Å². The average molecular weight is 311 g/mol. The maximum atomic E-state index is 13.8. The maximum Gasteiger partial charge on any atom is 0.257 e. The van der Waals surface area contributed by atoms with Crippen LogP contribution in [0, 0.1) is 18.6 Å². The molecule has 0 unspecified atom stereocenters. The highest BCUT2D eigenvalue weighted by atomic mass is 32.1. The molecule has 2 rings (SSSR count). The fraction of sp³-hybridized carbons (Fsp3) is 0.286. The van der Waals surface area contributed by atoms with Crippen LogP contribution in [0.3, 0.4) is 0 Å². The van der Waals surface area contributed by atoms with Gasteiger partial charge in [-0.2, -0.15) is 0 Å². The van der Waals surface area contributed by atoms with Crippen LogP contribution in [0.1, 0.15) is 28.6 Å². The molecule has 21 heavy (non-hydrogen) atoms. The Hall–Kier alpha value is -2.02. The van der Waals surface area contributed by atoms with Crippen LogP contribution >= 0.6 is 11.3 Å². The van der Waals surface area contributed by atoms with Crippen LogP contribution < -0.4 is 10.6 Å². The minimum absolute atomic E-state index is 0.0834. The SMILES string of the molecule is CCCNc1c(F)cc(C(=O)Nc2ncc(C)s2)cc1F. The topological polar surface area (TPSA) is 54.0 Å². The minimum atomic E-state index is -0.788. The monoisotopic (exact) mass is 311 g/mol. The Morgan fingerprint density at radius 3 is 2.52 bits per heavy atom. The van der Waals surface area contributed by atoms with Gasteiger partial charge in [0.1, 0.15) is 17.3 Å². The van der Waals surface area contributed by atoms with Gasteiger partial charge in [0.15, 0.2) is 5.13 Å². The Kier molecular flexibility index (Phi) is 4.85. The predicted octanol–water partition coefficient (Wildman–Crippen LogP) is 3.80. The van der Waals surface area contributed by atoms with Crippen molar-refractivity contribution in [3.8, 4) is 0 Å². The lowest BCUT2D eigenvalue weighted by Crippen LogP contribution is -2.13. The molecule has 7 heteroatoms. The first-order valence-electron chi connectivity index (χ1n) is 6.48. The number of anilines is 2. The summed E-state index contributed by atoms with van der Waals surface area (Å²) in [7, 11) is 0. The smallest absolute Gasteiger partial charge is 0.257 e. The molecule has 112 valence electrons. The summed E-state index contributed by atoms with van der Waals surface area (Å²) in [6, 6.07) is 2.02. The van der Waals surface area contributed by atoms with Crippen LogP contribution in [-0.4, -0.2) is 17.4 Å². The number of hydrogen-bond donors (Lipinski definition) is 2. The maximum absolute atomic E-state index is 13.8. The summed E-state index contributed by atoms with van der Waals surface area (Å²) < 4.78 is 27.7. The van der Waals surface area contributed by atoms with Gasteiger partial charge < -0.3 is 5.32 Å². The Balaban J connectivity index is 2.18. The first kappa shape index (κ1) is 15.4. The Morgan fingerprint density at radius 2 is 2.00 bits per heavy atom. The van der Waals surface area contributed by atoms with Crippen molar-refractivity contribution in [2.24, 2.45) is 0 Å². The van der Waals surface area contributed by atoms with Crippen molar-refractivity contribution in [2.75, 3.05) is 17.2 Å². The number of halogens is 2. The van der Waals surface area contributed by atoms with Crippen LogP contribution in [-0.2, 0) is 0 Å². The van der Waals surface area contributed by atoms with Gasteiger partial charge in [-0.3, -0.25) is 10.1 Å². The van der Waals surface area contributed by atoms with E-state index in [0.717, 1.165) is 23.4 Å². The molecule has 2 aromatic rings. The van der Waals surface area contributed by atoms with E-state index in [1.165, 1.54) is 11.3 Å². The van der Waals surface area contributed by atoms with Crippen LogP contribution in [0.5, 0.6) is 0 Å². The number of amides is 1. The molecule has 0 aliphatic carbocycles. The van der Waals surface area contributed by atoms with Gasteiger partial charge in [0.2, 0.25) is 0 Å². The van der Waals surface area contributed by atoms with Gasteiger partial charge in [0, 0.05) is 23.2 Å². The zero-order chi connectivity index (χ0) is 15.4. The van der Waals surface area contributed by atoms with Gasteiger partial charge in [-0.15, -0.1) is 11.3 Å². The molecule has 0 atom stereocenters. The molecule has 0 radical (unpaired) electrons. The summed E-state index contributed by atoms with van der Waals surface area (Å²) in [5, 5.41) is 5.56. The van der Waals surface area contributed by atoms with Crippen molar-refractivity contribution in [3.05, 3.63) is 40.4 Å². The fourth-order valence-electron chi connectivity index (χ4n) is 1.70. The zero-order valence-corrected chi connectivity index (χ0v) is 12.5. The standard InChI is InChI=1S/C14H15F2N3OS/c1-3-4-17-12-10(15)5-9(6-11(12)16)13(20)19-14-18-7-8(2)21-14/h5-7,17H,3-4H2,1-2H3,(H,18,19,20). The Labute approximate surface area is 125 Å². The highest BCUT2D eigenvalue weighted by Crippen LogP contribution is 2.22. The highest BCUT2D eigenvalue weighted by molar-refractivity contribution is 7.15. The number of nitrogens with zero attached hydrogens (tertiary/aromatic N) is 1. The van der Waals surface area contributed by atoms with Crippen molar-refractivity contribution in [1.29, 1.82) is 0 Å². The van der Waals surface area contributed by atoms with Gasteiger partial charge in [-0.25, -0.2) is 13.8 Å². The average Bonchev–Trinajstić information content (AvgIpc) is 2.83. The number of benzene rings is 1. The summed E-state index contributed by atoms with van der Waals surface area (Å²) >= 11 is 1.29. The minimum Gasteiger partial charge on any atom is -0.380 e. The van der Waals surface area contributed by atoms with Gasteiger partial charge in [0.05, 0.1) is 0 Å². The van der Waals surface area contributed by atoms with Crippen LogP contribution in [0.25, 0.3) is 0 Å². The first-order valence-corrected chi connectivity index (χ1v) is 7.29. The molecule has 0 bridgehead atoms. The number of rotatable bonds is 5. The molecule has 0 saturated heterocycles. The first-order chi connectivity index (χ1) is 10.0. The van der Waals surface area contributed by atoms with E-state index in [1.807, 2.05) is 13.8 Å². The quantitative estimate of drug-likeness (QED) is 0.883. The largest absolute Gasteiger partial charge is 0.380 e. The molecule has 0 fully saturated rings. The third-order valence-electron chi connectivity index (χ3n) is 2.70. The van der Waals surface area contributed by atoms with Crippen molar-refractivity contribution in [1.82, 2.24) is 4.98 Å². The molecule has 1 aromatic carbocycles. The molecule has 0 spiro atoms. The summed E-state index contributed by atoms with van der Waals surface area (Å²) in [4.78, 5) is 16.9. The number of aryl methyl sites for hydroxylation is 1. The molecule has 2 N–H and O–H groups in total. The van der Waals surface area contributed by atoms with Gasteiger partial charge in [-0.1, -0.05) is 6.92 Å². The van der Waals surface area contributed by atoms with Crippen LogP contribution in [0.15, 0.2) is 18.3 Å². The summed E-state index contributed by atoms with van der Waals surface area (Å²) in [5.41, 5.74) is -0.293. The predicted molar refractivity (Wildman–Crippen MR) is 79.9 cm³/mol. The molecular formula is C14H15F2N3OS.